The number of nitrogens with one attached hydrogen (secondary N) is 1. The largest absolute Gasteiger partial charge is 0.307 e. The Morgan fingerprint density at radius 1 is 1.29 bits per heavy atom. The van der Waals surface area contributed by atoms with Crippen LogP contribution in [-0.4, -0.2) is 39.9 Å². The Morgan fingerprint density at radius 3 is 2.38 bits per heavy atom. The Hall–Kier alpha value is -0.580. The third kappa shape index (κ3) is 3.61. The second kappa shape index (κ2) is 7.12. The molecule has 0 radical (unpaired) electrons. The Bertz CT molecular complexity index is 428. The molecule has 1 unspecified atom stereocenters. The first kappa shape index (κ1) is 16.8. The van der Waals surface area contributed by atoms with Gasteiger partial charge in [-0.1, -0.05) is 31.4 Å². The van der Waals surface area contributed by atoms with Crippen LogP contribution in [0.4, 0.5) is 0 Å². The van der Waals surface area contributed by atoms with Crippen molar-refractivity contribution in [2.24, 2.45) is 7.05 Å². The van der Waals surface area contributed by atoms with Gasteiger partial charge in [-0.25, -0.2) is 0 Å². The lowest BCUT2D eigenvalue weighted by molar-refractivity contribution is 0.0809. The van der Waals surface area contributed by atoms with Crippen molar-refractivity contribution in [2.75, 3.05) is 19.6 Å². The molecule has 0 bridgehead atoms. The van der Waals surface area contributed by atoms with Crippen molar-refractivity contribution >= 4 is 11.6 Å². The molecule has 120 valence electrons. The first-order valence-corrected chi connectivity index (χ1v) is 8.52. The SMILES string of the molecule is CCNC(c1c(Cl)cnn1C)C(C)(C)N1CCCCCC1. The van der Waals surface area contributed by atoms with Gasteiger partial charge in [0.1, 0.15) is 0 Å². The lowest BCUT2D eigenvalue weighted by Gasteiger charge is -2.44. The van der Waals surface area contributed by atoms with E-state index in [0.717, 1.165) is 17.3 Å². The highest BCUT2D eigenvalue weighted by Gasteiger charge is 2.38. The molecule has 0 amide bonds. The highest BCUT2D eigenvalue weighted by Crippen LogP contribution is 2.35. The molecule has 4 nitrogen and oxygen atoms in total. The molecule has 1 aromatic rings. The summed E-state index contributed by atoms with van der Waals surface area (Å²) in [6.45, 7) is 10.1. The molecule has 1 aromatic heterocycles. The molecule has 5 heteroatoms. The number of hydrogen-bond acceptors (Lipinski definition) is 3. The molecule has 2 rings (SSSR count). The van der Waals surface area contributed by atoms with Crippen LogP contribution in [0.15, 0.2) is 6.20 Å². The summed E-state index contributed by atoms with van der Waals surface area (Å²) in [7, 11) is 1.98. The maximum absolute atomic E-state index is 6.41. The van der Waals surface area contributed by atoms with E-state index in [1.807, 2.05) is 11.7 Å². The van der Waals surface area contributed by atoms with E-state index in [-0.39, 0.29) is 11.6 Å². The van der Waals surface area contributed by atoms with E-state index < -0.39 is 0 Å². The molecule has 1 N–H and O–H groups in total. The molecule has 1 fully saturated rings. The minimum atomic E-state index is 0.0117. The second-order valence-corrected chi connectivity index (χ2v) is 6.95. The average molecular weight is 313 g/mol. The molecule has 0 aromatic carbocycles. The Labute approximate surface area is 133 Å². The van der Waals surface area contributed by atoms with Crippen LogP contribution in [0.25, 0.3) is 0 Å². The number of aromatic nitrogens is 2. The molecular formula is C16H29ClN4. The molecule has 1 saturated heterocycles. The molecule has 0 spiro atoms. The average Bonchev–Trinajstić information content (AvgIpc) is 2.68. The van der Waals surface area contributed by atoms with Gasteiger partial charge in [-0.05, 0) is 46.3 Å². The summed E-state index contributed by atoms with van der Waals surface area (Å²) in [5.41, 5.74) is 1.10. The van der Waals surface area contributed by atoms with Crippen molar-refractivity contribution in [1.82, 2.24) is 20.0 Å². The van der Waals surface area contributed by atoms with Crippen molar-refractivity contribution in [1.29, 1.82) is 0 Å². The van der Waals surface area contributed by atoms with Gasteiger partial charge in [0.15, 0.2) is 0 Å². The molecular weight excluding hydrogens is 284 g/mol. The molecule has 1 atom stereocenters. The van der Waals surface area contributed by atoms with Gasteiger partial charge < -0.3 is 5.32 Å². The minimum Gasteiger partial charge on any atom is -0.307 e. The quantitative estimate of drug-likeness (QED) is 0.905. The van der Waals surface area contributed by atoms with Gasteiger partial charge in [0.25, 0.3) is 0 Å². The van der Waals surface area contributed by atoms with Crippen molar-refractivity contribution in [3.05, 3.63) is 16.9 Å². The summed E-state index contributed by atoms with van der Waals surface area (Å²) >= 11 is 6.41. The first-order valence-electron chi connectivity index (χ1n) is 8.14. The molecule has 2 heterocycles. The van der Waals surface area contributed by atoms with Gasteiger partial charge in [0.05, 0.1) is 23.0 Å². The number of nitrogens with zero attached hydrogens (tertiary/aromatic N) is 3. The van der Waals surface area contributed by atoms with Gasteiger partial charge in [-0.2, -0.15) is 5.10 Å². The highest BCUT2D eigenvalue weighted by atomic mass is 35.5. The van der Waals surface area contributed by atoms with Crippen LogP contribution < -0.4 is 5.32 Å². The lowest BCUT2D eigenvalue weighted by Crippen LogP contribution is -2.53. The van der Waals surface area contributed by atoms with E-state index in [4.69, 9.17) is 11.6 Å². The second-order valence-electron chi connectivity index (χ2n) is 6.55. The van der Waals surface area contributed by atoms with Crippen LogP contribution >= 0.6 is 11.6 Å². The summed E-state index contributed by atoms with van der Waals surface area (Å²) in [4.78, 5) is 2.62. The number of halogens is 1. The molecule has 1 aliphatic heterocycles. The van der Waals surface area contributed by atoms with Crippen LogP contribution in [0.3, 0.4) is 0 Å². The fourth-order valence-electron chi connectivity index (χ4n) is 3.46. The lowest BCUT2D eigenvalue weighted by atomic mass is 9.89. The van der Waals surface area contributed by atoms with E-state index in [0.29, 0.717) is 0 Å². The summed E-state index contributed by atoms with van der Waals surface area (Å²) in [6.07, 6.45) is 7.04. The number of rotatable bonds is 5. The van der Waals surface area contributed by atoms with E-state index in [1.165, 1.54) is 38.8 Å². The zero-order valence-corrected chi connectivity index (χ0v) is 14.6. The molecule has 0 saturated carbocycles. The third-order valence-electron chi connectivity index (χ3n) is 4.75. The Kier molecular flexibility index (Phi) is 5.69. The summed E-state index contributed by atoms with van der Waals surface area (Å²) < 4.78 is 1.91. The Morgan fingerprint density at radius 2 is 1.90 bits per heavy atom. The van der Waals surface area contributed by atoms with Gasteiger partial charge in [-0.15, -0.1) is 0 Å². The third-order valence-corrected chi connectivity index (χ3v) is 5.04. The van der Waals surface area contributed by atoms with E-state index in [9.17, 15) is 0 Å². The molecule has 0 aliphatic carbocycles. The molecule has 1 aliphatic rings. The van der Waals surface area contributed by atoms with Crippen molar-refractivity contribution in [3.63, 3.8) is 0 Å². The number of likely N-dealkylation sites (N-methyl/N-ethyl adjacent to an activating group) is 1. The van der Waals surface area contributed by atoms with Crippen LogP contribution in [-0.2, 0) is 7.05 Å². The smallest absolute Gasteiger partial charge is 0.0834 e. The maximum Gasteiger partial charge on any atom is 0.0834 e. The number of hydrogen-bond donors (Lipinski definition) is 1. The zero-order valence-electron chi connectivity index (χ0n) is 13.8. The standard InChI is InChI=1S/C16H29ClN4/c1-5-18-15(14-13(17)12-19-20(14)4)16(2,3)21-10-8-6-7-9-11-21/h12,15,18H,5-11H2,1-4H3. The fourth-order valence-corrected chi connectivity index (χ4v) is 3.73. The van der Waals surface area contributed by atoms with Crippen molar-refractivity contribution < 1.29 is 0 Å². The van der Waals surface area contributed by atoms with Crippen LogP contribution in [0.1, 0.15) is 58.2 Å². The summed E-state index contributed by atoms with van der Waals surface area (Å²) in [5, 5.41) is 8.72. The van der Waals surface area contributed by atoms with Crippen LogP contribution in [0, 0.1) is 0 Å². The van der Waals surface area contributed by atoms with E-state index >= 15 is 0 Å². The van der Waals surface area contributed by atoms with E-state index in [1.54, 1.807) is 6.20 Å². The fraction of sp³-hybridized carbons (Fsp3) is 0.812. The van der Waals surface area contributed by atoms with Gasteiger partial charge in [0.2, 0.25) is 0 Å². The summed E-state index contributed by atoms with van der Waals surface area (Å²) in [5.74, 6) is 0. The van der Waals surface area contributed by atoms with E-state index in [2.05, 4.69) is 36.1 Å². The number of likely N-dealkylation sites (tertiary alicyclic amines) is 1. The van der Waals surface area contributed by atoms with Crippen molar-refractivity contribution in [3.8, 4) is 0 Å². The maximum atomic E-state index is 6.41. The van der Waals surface area contributed by atoms with Crippen LogP contribution in [0.2, 0.25) is 5.02 Å². The van der Waals surface area contributed by atoms with Crippen LogP contribution in [0.5, 0.6) is 0 Å². The minimum absolute atomic E-state index is 0.0117. The monoisotopic (exact) mass is 312 g/mol. The summed E-state index contributed by atoms with van der Waals surface area (Å²) in [6, 6.07) is 0.181. The zero-order chi connectivity index (χ0) is 15.5. The van der Waals surface area contributed by atoms with Gasteiger partial charge in [-0.3, -0.25) is 9.58 Å². The Balaban J connectivity index is 2.31. The number of aryl methyl sites for hydroxylation is 1. The predicted octanol–water partition coefficient (Wildman–Crippen LogP) is 3.38. The van der Waals surface area contributed by atoms with Gasteiger partial charge in [0, 0.05) is 12.6 Å². The normalized spacial score (nSPS) is 19.5. The highest BCUT2D eigenvalue weighted by molar-refractivity contribution is 6.31. The predicted molar refractivity (Wildman–Crippen MR) is 88.8 cm³/mol. The van der Waals surface area contributed by atoms with Gasteiger partial charge >= 0.3 is 0 Å². The molecule has 21 heavy (non-hydrogen) atoms. The van der Waals surface area contributed by atoms with Crippen molar-refractivity contribution in [2.45, 2.75) is 58.0 Å². The topological polar surface area (TPSA) is 33.1 Å². The first-order chi connectivity index (χ1) is 9.98.